The Bertz CT molecular complexity index is 1350. The number of hydrogen-bond donors (Lipinski definition) is 0. The molecule has 2 aromatic rings. The highest BCUT2D eigenvalue weighted by Gasteiger charge is 2.33. The Morgan fingerprint density at radius 3 is 2.19 bits per heavy atom. The number of carbonyl (C=O) groups is 1. The highest BCUT2D eigenvalue weighted by Crippen LogP contribution is 2.32. The van der Waals surface area contributed by atoms with E-state index in [4.69, 9.17) is 0 Å². The van der Waals surface area contributed by atoms with E-state index in [0.29, 0.717) is 51.3 Å². The number of benzene rings is 1. The van der Waals surface area contributed by atoms with Crippen LogP contribution in [0.1, 0.15) is 47.1 Å². The number of hydrogen-bond acceptors (Lipinski definition) is 7. The fraction of sp³-hybridized carbons (Fsp3) is 0.583. The zero-order chi connectivity index (χ0) is 25.7. The van der Waals surface area contributed by atoms with Crippen LogP contribution >= 0.6 is 0 Å². The van der Waals surface area contributed by atoms with E-state index in [-0.39, 0.29) is 28.4 Å². The summed E-state index contributed by atoms with van der Waals surface area (Å²) >= 11 is 0. The minimum atomic E-state index is -3.50. The first-order valence-corrected chi connectivity index (χ1v) is 15.7. The summed E-state index contributed by atoms with van der Waals surface area (Å²) in [7, 11) is -6.50. The number of aryl methyl sites for hydroxylation is 1. The van der Waals surface area contributed by atoms with Crippen molar-refractivity contribution in [3.05, 3.63) is 41.2 Å². The summed E-state index contributed by atoms with van der Waals surface area (Å²) in [6.45, 7) is 7.37. The Morgan fingerprint density at radius 2 is 1.61 bits per heavy atom. The molecule has 1 atom stereocenters. The molecule has 12 heteroatoms. The second kappa shape index (κ2) is 9.46. The molecule has 196 valence electrons. The molecule has 5 rings (SSSR count). The van der Waals surface area contributed by atoms with Gasteiger partial charge >= 0.3 is 0 Å². The molecule has 0 bridgehead atoms. The van der Waals surface area contributed by atoms with E-state index in [1.54, 1.807) is 17.0 Å². The maximum absolute atomic E-state index is 13.1. The predicted octanol–water partition coefficient (Wildman–Crippen LogP) is 1.61. The topological polar surface area (TPSA) is 113 Å². The lowest BCUT2D eigenvalue weighted by molar-refractivity contribution is 0.0746. The summed E-state index contributed by atoms with van der Waals surface area (Å²) in [6.07, 6.45) is 2.35. The van der Waals surface area contributed by atoms with Crippen LogP contribution < -0.4 is 4.90 Å². The van der Waals surface area contributed by atoms with E-state index < -0.39 is 19.9 Å². The van der Waals surface area contributed by atoms with Gasteiger partial charge in [-0.15, -0.1) is 0 Å². The molecule has 36 heavy (non-hydrogen) atoms. The van der Waals surface area contributed by atoms with Gasteiger partial charge in [-0.3, -0.25) is 9.48 Å². The first-order chi connectivity index (χ1) is 17.1. The first kappa shape index (κ1) is 25.2. The Kier molecular flexibility index (Phi) is 6.63. The van der Waals surface area contributed by atoms with Crippen LogP contribution in [-0.2, 0) is 19.9 Å². The van der Waals surface area contributed by atoms with Gasteiger partial charge in [-0.2, -0.15) is 9.40 Å². The third kappa shape index (κ3) is 4.66. The van der Waals surface area contributed by atoms with E-state index in [1.165, 1.54) is 16.4 Å². The fourth-order valence-electron chi connectivity index (χ4n) is 5.60. The molecule has 3 fully saturated rings. The van der Waals surface area contributed by atoms with Crippen LogP contribution in [0.25, 0.3) is 0 Å². The molecular formula is C24H33N5O5S2. The van der Waals surface area contributed by atoms with E-state index >= 15 is 0 Å². The van der Waals surface area contributed by atoms with Crippen molar-refractivity contribution in [3.8, 4) is 0 Å². The summed E-state index contributed by atoms with van der Waals surface area (Å²) in [6, 6.07) is 6.14. The molecule has 1 aromatic carbocycles. The minimum Gasteiger partial charge on any atom is -0.365 e. The lowest BCUT2D eigenvalue weighted by atomic mass is 10.1. The number of sulfonamides is 1. The number of nitrogens with zero attached hydrogens (tertiary/aromatic N) is 5. The van der Waals surface area contributed by atoms with Crippen LogP contribution in [0, 0.1) is 13.8 Å². The molecule has 1 aromatic heterocycles. The van der Waals surface area contributed by atoms with Crippen LogP contribution in [0.3, 0.4) is 0 Å². The van der Waals surface area contributed by atoms with Gasteiger partial charge in [0, 0.05) is 44.8 Å². The van der Waals surface area contributed by atoms with Crippen molar-refractivity contribution in [1.82, 2.24) is 19.0 Å². The smallest absolute Gasteiger partial charge is 0.253 e. The number of carbonyl (C=O) groups excluding carboxylic acids is 1. The second-order valence-corrected chi connectivity index (χ2v) is 14.1. The van der Waals surface area contributed by atoms with Crippen molar-refractivity contribution in [2.24, 2.45) is 0 Å². The zero-order valence-electron chi connectivity index (χ0n) is 20.8. The van der Waals surface area contributed by atoms with E-state index in [9.17, 15) is 21.6 Å². The maximum atomic E-state index is 13.1. The third-order valence-corrected chi connectivity index (χ3v) is 11.2. The third-order valence-electron chi connectivity index (χ3n) is 7.53. The van der Waals surface area contributed by atoms with Crippen LogP contribution in [0.15, 0.2) is 29.2 Å². The van der Waals surface area contributed by atoms with Gasteiger partial charge in [0.05, 0.1) is 39.5 Å². The molecule has 3 saturated heterocycles. The van der Waals surface area contributed by atoms with E-state index in [0.717, 1.165) is 29.9 Å². The Balaban J connectivity index is 1.24. The average Bonchev–Trinajstić information content (AvgIpc) is 3.59. The average molecular weight is 536 g/mol. The number of sulfone groups is 1. The number of aromatic nitrogens is 2. The van der Waals surface area contributed by atoms with Gasteiger partial charge in [0.25, 0.3) is 5.91 Å². The van der Waals surface area contributed by atoms with Crippen LogP contribution in [0.2, 0.25) is 0 Å². The molecule has 0 radical (unpaired) electrons. The Hall–Kier alpha value is -2.44. The van der Waals surface area contributed by atoms with E-state index in [1.807, 2.05) is 18.5 Å². The van der Waals surface area contributed by atoms with Crippen molar-refractivity contribution >= 4 is 31.5 Å². The summed E-state index contributed by atoms with van der Waals surface area (Å²) in [5.41, 5.74) is 3.32. The lowest BCUT2D eigenvalue weighted by Gasteiger charge is -2.36. The number of rotatable bonds is 5. The lowest BCUT2D eigenvalue weighted by Crippen LogP contribution is -2.49. The molecule has 3 aliphatic heterocycles. The van der Waals surface area contributed by atoms with Crippen molar-refractivity contribution in [3.63, 3.8) is 0 Å². The molecule has 0 aliphatic carbocycles. The molecule has 0 spiro atoms. The van der Waals surface area contributed by atoms with Gasteiger partial charge in [-0.1, -0.05) is 0 Å². The normalized spacial score (nSPS) is 22.9. The van der Waals surface area contributed by atoms with Crippen molar-refractivity contribution in [2.45, 2.75) is 44.0 Å². The molecule has 1 unspecified atom stereocenters. The second-order valence-electron chi connectivity index (χ2n) is 9.94. The Labute approximate surface area is 212 Å². The molecule has 1 amide bonds. The summed E-state index contributed by atoms with van der Waals surface area (Å²) in [5, 5.41) is 4.67. The molecule has 0 N–H and O–H groups in total. The number of amides is 1. The van der Waals surface area contributed by atoms with Crippen LogP contribution in [0.4, 0.5) is 5.69 Å². The monoisotopic (exact) mass is 535 g/mol. The van der Waals surface area contributed by atoms with Crippen LogP contribution in [-0.4, -0.2) is 92.5 Å². The quantitative estimate of drug-likeness (QED) is 0.572. The number of anilines is 1. The SMILES string of the molecule is Cc1nn(C2CCS(=O)(=O)C2)c(C)c1N1CCN(C(=O)c2ccc(S(=O)(=O)N3CCCC3)cc2)CC1. The van der Waals surface area contributed by atoms with Gasteiger partial charge in [-0.25, -0.2) is 16.8 Å². The van der Waals surface area contributed by atoms with Gasteiger partial charge in [0.1, 0.15) is 0 Å². The highest BCUT2D eigenvalue weighted by molar-refractivity contribution is 7.91. The summed E-state index contributed by atoms with van der Waals surface area (Å²) in [5.74, 6) is 0.228. The highest BCUT2D eigenvalue weighted by atomic mass is 32.2. The van der Waals surface area contributed by atoms with Crippen LogP contribution in [0.5, 0.6) is 0 Å². The van der Waals surface area contributed by atoms with Crippen molar-refractivity contribution < 1.29 is 21.6 Å². The minimum absolute atomic E-state index is 0.111. The summed E-state index contributed by atoms with van der Waals surface area (Å²) < 4.78 is 52.7. The molecule has 3 aliphatic rings. The number of piperazine rings is 1. The Morgan fingerprint density at radius 1 is 0.972 bits per heavy atom. The maximum Gasteiger partial charge on any atom is 0.253 e. The van der Waals surface area contributed by atoms with Gasteiger partial charge in [-0.05, 0) is 57.4 Å². The van der Waals surface area contributed by atoms with Gasteiger partial charge in [0.2, 0.25) is 10.0 Å². The van der Waals surface area contributed by atoms with E-state index in [2.05, 4.69) is 10.00 Å². The first-order valence-electron chi connectivity index (χ1n) is 12.5. The molecular weight excluding hydrogens is 502 g/mol. The predicted molar refractivity (Wildman–Crippen MR) is 137 cm³/mol. The van der Waals surface area contributed by atoms with Gasteiger partial charge < -0.3 is 9.80 Å². The van der Waals surface area contributed by atoms with Crippen molar-refractivity contribution in [2.75, 3.05) is 55.7 Å². The molecule has 10 nitrogen and oxygen atoms in total. The molecule has 0 saturated carbocycles. The zero-order valence-corrected chi connectivity index (χ0v) is 22.4. The summed E-state index contributed by atoms with van der Waals surface area (Å²) in [4.78, 5) is 17.3. The van der Waals surface area contributed by atoms with Gasteiger partial charge in [0.15, 0.2) is 9.84 Å². The standard InChI is InChI=1S/C24H33N5O5S2/c1-18-23(19(2)29(25-18)21-9-16-35(31,32)17-21)26-12-14-27(15-13-26)24(30)20-5-7-22(8-6-20)36(33,34)28-10-3-4-11-28/h5-8,21H,3-4,9-17H2,1-2H3. The largest absolute Gasteiger partial charge is 0.365 e. The van der Waals surface area contributed by atoms with Crippen molar-refractivity contribution in [1.29, 1.82) is 0 Å². The fourth-order valence-corrected chi connectivity index (χ4v) is 8.81. The molecule has 4 heterocycles.